The van der Waals surface area contributed by atoms with Crippen molar-refractivity contribution >= 4 is 0 Å². The van der Waals surface area contributed by atoms with Crippen molar-refractivity contribution < 1.29 is 0 Å². The van der Waals surface area contributed by atoms with Crippen molar-refractivity contribution in [3.05, 3.63) is 58.4 Å². The smallest absolute Gasteiger partial charge is 0.134 e. The van der Waals surface area contributed by atoms with E-state index in [1.54, 1.807) is 6.20 Å². The van der Waals surface area contributed by atoms with Crippen molar-refractivity contribution in [3.63, 3.8) is 0 Å². The fourth-order valence-corrected chi connectivity index (χ4v) is 1.54. The van der Waals surface area contributed by atoms with Crippen LogP contribution < -0.4 is 0 Å². The molecule has 0 spiro atoms. The lowest BCUT2D eigenvalue weighted by atomic mass is 10.1. The van der Waals surface area contributed by atoms with E-state index in [0.29, 0.717) is 5.82 Å². The zero-order valence-corrected chi connectivity index (χ0v) is 9.41. The molecule has 0 bridgehead atoms. The van der Waals surface area contributed by atoms with Gasteiger partial charge in [-0.15, -0.1) is 0 Å². The Morgan fingerprint density at radius 1 is 1.29 bits per heavy atom. The van der Waals surface area contributed by atoms with Gasteiger partial charge < -0.3 is 0 Å². The average Bonchev–Trinajstić information content (AvgIpc) is 2.39. The second-order valence-corrected chi connectivity index (χ2v) is 3.57. The van der Waals surface area contributed by atoms with E-state index < -0.39 is 0 Å². The van der Waals surface area contributed by atoms with Crippen molar-refractivity contribution in [1.29, 1.82) is 0 Å². The molecule has 0 saturated heterocycles. The molecule has 1 aromatic carbocycles. The van der Waals surface area contributed by atoms with Crippen molar-refractivity contribution in [3.8, 4) is 11.3 Å². The van der Waals surface area contributed by atoms with E-state index in [9.17, 15) is 0 Å². The first-order valence-electron chi connectivity index (χ1n) is 5.20. The van der Waals surface area contributed by atoms with Gasteiger partial charge in [0.2, 0.25) is 0 Å². The van der Waals surface area contributed by atoms with Gasteiger partial charge in [0.15, 0.2) is 0 Å². The van der Waals surface area contributed by atoms with Crippen LogP contribution in [0.5, 0.6) is 0 Å². The van der Waals surface area contributed by atoms with Crippen molar-refractivity contribution in [2.45, 2.75) is 13.5 Å². The molecule has 1 aromatic heterocycles. The molecular weight excluding hydrogens is 214 g/mol. The molecular formula is C12H11N5. The topological polar surface area (TPSA) is 74.5 Å². The van der Waals surface area contributed by atoms with Crippen LogP contribution in [0.2, 0.25) is 0 Å². The maximum Gasteiger partial charge on any atom is 0.134 e. The van der Waals surface area contributed by atoms with Crippen LogP contribution in [0.15, 0.2) is 41.6 Å². The molecule has 1 heterocycles. The van der Waals surface area contributed by atoms with Gasteiger partial charge in [-0.1, -0.05) is 35.4 Å². The van der Waals surface area contributed by atoms with Crippen LogP contribution in [0.1, 0.15) is 11.4 Å². The summed E-state index contributed by atoms with van der Waals surface area (Å²) in [5.74, 6) is 0.534. The second kappa shape index (κ2) is 5.09. The summed E-state index contributed by atoms with van der Waals surface area (Å²) in [5, 5.41) is 3.46. The third-order valence-electron chi connectivity index (χ3n) is 2.34. The number of azide groups is 1. The van der Waals surface area contributed by atoms with Crippen molar-refractivity contribution in [1.82, 2.24) is 9.97 Å². The van der Waals surface area contributed by atoms with E-state index in [1.165, 1.54) is 0 Å². The van der Waals surface area contributed by atoms with Gasteiger partial charge in [-0.3, -0.25) is 0 Å². The second-order valence-electron chi connectivity index (χ2n) is 3.57. The Kier molecular flexibility index (Phi) is 3.33. The minimum Gasteiger partial charge on any atom is -0.241 e. The Morgan fingerprint density at radius 2 is 2.06 bits per heavy atom. The lowest BCUT2D eigenvalue weighted by Gasteiger charge is -2.05. The van der Waals surface area contributed by atoms with Crippen molar-refractivity contribution in [2.24, 2.45) is 5.11 Å². The molecule has 0 saturated carbocycles. The minimum atomic E-state index is 0.177. The highest BCUT2D eigenvalue weighted by Crippen LogP contribution is 2.20. The summed E-state index contributed by atoms with van der Waals surface area (Å²) in [6.07, 6.45) is 1.75. The van der Waals surface area contributed by atoms with E-state index in [1.807, 2.05) is 37.3 Å². The monoisotopic (exact) mass is 225 g/mol. The molecule has 0 unspecified atom stereocenters. The Bertz CT molecular complexity index is 558. The number of aryl methyl sites for hydroxylation is 1. The molecule has 2 aromatic rings. The van der Waals surface area contributed by atoms with Gasteiger partial charge in [-0.25, -0.2) is 9.97 Å². The predicted molar refractivity (Wildman–Crippen MR) is 65.1 cm³/mol. The largest absolute Gasteiger partial charge is 0.241 e. The summed E-state index contributed by atoms with van der Waals surface area (Å²) >= 11 is 0. The third-order valence-corrected chi connectivity index (χ3v) is 2.34. The van der Waals surface area contributed by atoms with Crippen LogP contribution >= 0.6 is 0 Å². The zero-order chi connectivity index (χ0) is 12.1. The first kappa shape index (κ1) is 11.1. The molecule has 84 valence electrons. The quantitative estimate of drug-likeness (QED) is 0.456. The molecule has 0 aliphatic heterocycles. The van der Waals surface area contributed by atoms with Gasteiger partial charge in [0.1, 0.15) is 5.82 Å². The fraction of sp³-hybridized carbons (Fsp3) is 0.167. The van der Waals surface area contributed by atoms with Gasteiger partial charge in [0.25, 0.3) is 0 Å². The van der Waals surface area contributed by atoms with Gasteiger partial charge >= 0.3 is 0 Å². The lowest BCUT2D eigenvalue weighted by Crippen LogP contribution is -1.97. The normalized spacial score (nSPS) is 9.71. The zero-order valence-electron chi connectivity index (χ0n) is 9.41. The van der Waals surface area contributed by atoms with E-state index in [-0.39, 0.29) is 6.54 Å². The number of nitrogens with zero attached hydrogens (tertiary/aromatic N) is 5. The van der Waals surface area contributed by atoms with Gasteiger partial charge in [0, 0.05) is 16.7 Å². The number of hydrogen-bond donors (Lipinski definition) is 0. The number of aromatic nitrogens is 2. The van der Waals surface area contributed by atoms with Crippen LogP contribution in [-0.4, -0.2) is 9.97 Å². The lowest BCUT2D eigenvalue weighted by molar-refractivity contribution is 0.896. The van der Waals surface area contributed by atoms with Crippen LogP contribution in [0.25, 0.3) is 21.7 Å². The van der Waals surface area contributed by atoms with Crippen molar-refractivity contribution in [2.75, 3.05) is 0 Å². The molecule has 0 amide bonds. The molecule has 0 aliphatic rings. The summed E-state index contributed by atoms with van der Waals surface area (Å²) in [7, 11) is 0. The molecule has 0 radical (unpaired) electrons. The first-order chi connectivity index (χ1) is 8.31. The minimum absolute atomic E-state index is 0.177. The Balaban J connectivity index is 2.43. The van der Waals surface area contributed by atoms with E-state index in [0.717, 1.165) is 16.8 Å². The molecule has 5 heteroatoms. The number of benzene rings is 1. The number of rotatable bonds is 3. The standard InChI is InChI=1S/C12H11N5/c1-9-7-14-11(8-15-17-13)16-12(9)10-5-3-2-4-6-10/h2-7H,8H2,1H3. The maximum absolute atomic E-state index is 8.27. The van der Waals surface area contributed by atoms with Crippen LogP contribution in [0.3, 0.4) is 0 Å². The fourth-order valence-electron chi connectivity index (χ4n) is 1.54. The number of hydrogen-bond acceptors (Lipinski definition) is 3. The first-order valence-corrected chi connectivity index (χ1v) is 5.20. The van der Waals surface area contributed by atoms with E-state index in [2.05, 4.69) is 20.0 Å². The molecule has 5 nitrogen and oxygen atoms in total. The maximum atomic E-state index is 8.27. The third kappa shape index (κ3) is 2.59. The highest BCUT2D eigenvalue weighted by molar-refractivity contribution is 5.62. The summed E-state index contributed by atoms with van der Waals surface area (Å²) in [6, 6.07) is 9.87. The molecule has 0 fully saturated rings. The van der Waals surface area contributed by atoms with Gasteiger partial charge in [-0.05, 0) is 18.0 Å². The van der Waals surface area contributed by atoms with E-state index >= 15 is 0 Å². The van der Waals surface area contributed by atoms with Gasteiger partial charge in [0.05, 0.1) is 12.2 Å². The highest BCUT2D eigenvalue weighted by Gasteiger charge is 2.05. The van der Waals surface area contributed by atoms with E-state index in [4.69, 9.17) is 5.53 Å². The molecule has 0 atom stereocenters. The highest BCUT2D eigenvalue weighted by atomic mass is 15.1. The Hall–Kier alpha value is -2.39. The predicted octanol–water partition coefficient (Wildman–Crippen LogP) is 3.26. The molecule has 0 N–H and O–H groups in total. The molecule has 2 rings (SSSR count). The summed E-state index contributed by atoms with van der Waals surface area (Å²) < 4.78 is 0. The van der Waals surface area contributed by atoms with Crippen LogP contribution in [0.4, 0.5) is 0 Å². The summed E-state index contributed by atoms with van der Waals surface area (Å²) in [4.78, 5) is 11.2. The molecule has 17 heavy (non-hydrogen) atoms. The van der Waals surface area contributed by atoms with Crippen LogP contribution in [-0.2, 0) is 6.54 Å². The van der Waals surface area contributed by atoms with Crippen LogP contribution in [0, 0.1) is 6.92 Å². The van der Waals surface area contributed by atoms with Gasteiger partial charge in [-0.2, -0.15) is 0 Å². The molecule has 0 aliphatic carbocycles. The summed E-state index contributed by atoms with van der Waals surface area (Å²) in [5.41, 5.74) is 11.2. The summed E-state index contributed by atoms with van der Waals surface area (Å²) in [6.45, 7) is 2.14. The Morgan fingerprint density at radius 3 is 2.76 bits per heavy atom. The SMILES string of the molecule is Cc1cnc(CN=[N+]=[N-])nc1-c1ccccc1. The Labute approximate surface area is 98.8 Å². The average molecular weight is 225 g/mol.